The first-order chi connectivity index (χ1) is 5.66. The van der Waals surface area contributed by atoms with Crippen molar-refractivity contribution in [3.63, 3.8) is 0 Å². The minimum absolute atomic E-state index is 0.352. The molecule has 0 saturated carbocycles. The third-order valence-corrected chi connectivity index (χ3v) is 1.02. The van der Waals surface area contributed by atoms with E-state index >= 15 is 0 Å². The van der Waals surface area contributed by atoms with E-state index in [9.17, 15) is 0 Å². The Balaban J connectivity index is -0.000000175. The Labute approximate surface area is 78.9 Å². The molecule has 0 amide bonds. The van der Waals surface area contributed by atoms with Crippen LogP contribution in [0, 0.1) is 0 Å². The van der Waals surface area contributed by atoms with Gasteiger partial charge >= 0.3 is 0 Å². The maximum absolute atomic E-state index is 5.02. The van der Waals surface area contributed by atoms with E-state index in [-0.39, 0.29) is 0 Å². The van der Waals surface area contributed by atoms with Crippen LogP contribution >= 0.6 is 0 Å². The van der Waals surface area contributed by atoms with E-state index < -0.39 is 0 Å². The van der Waals surface area contributed by atoms with Crippen molar-refractivity contribution in [2.24, 2.45) is 0 Å². The zero-order valence-electron chi connectivity index (χ0n) is 10.1. The molecule has 0 aliphatic rings. The van der Waals surface area contributed by atoms with Crippen molar-refractivity contribution < 1.29 is 4.74 Å². The Morgan fingerprint density at radius 1 is 1.08 bits per heavy atom. The second kappa shape index (κ2) is 17.1. The van der Waals surface area contributed by atoms with Crippen LogP contribution in [0.1, 0.15) is 34.6 Å². The number of nitrogens with zero attached hydrogens (tertiary/aromatic N) is 1. The van der Waals surface area contributed by atoms with Crippen LogP contribution in [0.4, 0.5) is 0 Å². The van der Waals surface area contributed by atoms with Crippen LogP contribution < -0.4 is 0 Å². The zero-order valence-corrected chi connectivity index (χ0v) is 10.1. The van der Waals surface area contributed by atoms with Crippen LogP contribution in [0.2, 0.25) is 0 Å². The molecule has 12 heavy (non-hydrogen) atoms. The number of likely N-dealkylation sites (N-methyl/N-ethyl adjacent to an activating group) is 1. The molecule has 78 valence electrons. The predicted octanol–water partition coefficient (Wildman–Crippen LogP) is 2.64. The largest absolute Gasteiger partial charge is 0.380 e. The van der Waals surface area contributed by atoms with Gasteiger partial charge in [-0.1, -0.05) is 27.7 Å². The summed E-state index contributed by atoms with van der Waals surface area (Å²) in [5.74, 6) is 0. The number of rotatable bonds is 3. The average molecular weight is 177 g/mol. The van der Waals surface area contributed by atoms with Gasteiger partial charge in [-0.05, 0) is 21.0 Å². The molecule has 0 aliphatic heterocycles. The van der Waals surface area contributed by atoms with Crippen molar-refractivity contribution in [3.05, 3.63) is 0 Å². The summed E-state index contributed by atoms with van der Waals surface area (Å²) in [6, 6.07) is 0. The summed E-state index contributed by atoms with van der Waals surface area (Å²) in [5.41, 5.74) is 0. The van der Waals surface area contributed by atoms with Gasteiger partial charge in [-0.25, -0.2) is 0 Å². The van der Waals surface area contributed by atoms with Crippen molar-refractivity contribution in [2.75, 3.05) is 27.7 Å². The number of ether oxygens (including phenoxy) is 1. The molecule has 0 spiro atoms. The summed E-state index contributed by atoms with van der Waals surface area (Å²) in [6.07, 6.45) is 0.352. The van der Waals surface area contributed by atoms with Crippen LogP contribution in [-0.4, -0.2) is 38.8 Å². The molecule has 0 saturated heterocycles. The zero-order chi connectivity index (χ0) is 10.6. The highest BCUT2D eigenvalue weighted by molar-refractivity contribution is 4.50. The molecule has 0 aromatic rings. The molecule has 0 bridgehead atoms. The molecule has 0 aromatic carbocycles. The Morgan fingerprint density at radius 2 is 1.42 bits per heavy atom. The lowest BCUT2D eigenvalue weighted by molar-refractivity contribution is 0.0929. The fourth-order valence-electron chi connectivity index (χ4n) is 0.589. The predicted molar refractivity (Wildman–Crippen MR) is 57.7 cm³/mol. The van der Waals surface area contributed by atoms with Crippen molar-refractivity contribution in [3.8, 4) is 0 Å². The molecule has 0 aromatic heterocycles. The minimum Gasteiger partial charge on any atom is -0.380 e. The third kappa shape index (κ3) is 22.5. The number of hydrogen-bond donors (Lipinski definition) is 0. The van der Waals surface area contributed by atoms with Crippen molar-refractivity contribution in [1.29, 1.82) is 0 Å². The average Bonchev–Trinajstić information content (AvgIpc) is 2.10. The summed E-state index contributed by atoms with van der Waals surface area (Å²) >= 11 is 0. The molecular weight excluding hydrogens is 150 g/mol. The second-order valence-electron chi connectivity index (χ2n) is 2.31. The van der Waals surface area contributed by atoms with Gasteiger partial charge in [-0.3, -0.25) is 0 Å². The van der Waals surface area contributed by atoms with E-state index in [4.69, 9.17) is 4.74 Å². The van der Waals surface area contributed by atoms with Gasteiger partial charge in [-0.2, -0.15) is 0 Å². The molecule has 2 heteroatoms. The summed E-state index contributed by atoms with van der Waals surface area (Å²) < 4.78 is 5.02. The summed E-state index contributed by atoms with van der Waals surface area (Å²) in [5, 5.41) is 0. The molecule has 0 aliphatic carbocycles. The lowest BCUT2D eigenvalue weighted by atomic mass is 10.4. The maximum atomic E-state index is 5.02. The van der Waals surface area contributed by atoms with Crippen LogP contribution in [0.15, 0.2) is 0 Å². The fraction of sp³-hybridized carbons (Fsp3) is 1.00. The molecule has 2 nitrogen and oxygen atoms in total. The Bertz CT molecular complexity index is 55.8. The van der Waals surface area contributed by atoms with Gasteiger partial charge in [0.15, 0.2) is 0 Å². The van der Waals surface area contributed by atoms with E-state index in [2.05, 4.69) is 11.8 Å². The maximum Gasteiger partial charge on any atom is 0.0669 e. The normalized spacial score (nSPS) is 10.8. The van der Waals surface area contributed by atoms with E-state index in [0.29, 0.717) is 6.10 Å². The fourth-order valence-corrected chi connectivity index (χ4v) is 0.589. The Hall–Kier alpha value is -0.0800. The van der Waals surface area contributed by atoms with E-state index in [1.54, 1.807) is 7.11 Å². The third-order valence-electron chi connectivity index (χ3n) is 1.02. The van der Waals surface area contributed by atoms with E-state index in [1.165, 1.54) is 0 Å². The highest BCUT2D eigenvalue weighted by Crippen LogP contribution is 1.87. The number of hydrogen-bond acceptors (Lipinski definition) is 2. The lowest BCUT2D eigenvalue weighted by Gasteiger charge is -2.14. The van der Waals surface area contributed by atoms with Gasteiger partial charge < -0.3 is 9.64 Å². The van der Waals surface area contributed by atoms with Crippen LogP contribution in [-0.2, 0) is 4.74 Å². The molecule has 0 rings (SSSR count). The molecule has 0 radical (unpaired) electrons. The molecule has 1 atom stereocenters. The Kier molecular flexibility index (Phi) is 25.5. The first kappa shape index (κ1) is 17.9. The molecular formula is C10H27NO. The molecule has 0 fully saturated rings. The van der Waals surface area contributed by atoms with Crippen LogP contribution in [0.25, 0.3) is 0 Å². The topological polar surface area (TPSA) is 12.5 Å². The smallest absolute Gasteiger partial charge is 0.0669 e. The van der Waals surface area contributed by atoms with Gasteiger partial charge in [0, 0.05) is 13.7 Å². The molecule has 0 N–H and O–H groups in total. The summed E-state index contributed by atoms with van der Waals surface area (Å²) in [7, 11) is 5.80. The second-order valence-corrected chi connectivity index (χ2v) is 2.31. The first-order valence-electron chi connectivity index (χ1n) is 4.84. The lowest BCUT2D eigenvalue weighted by Crippen LogP contribution is -2.24. The van der Waals surface area contributed by atoms with Crippen molar-refractivity contribution in [2.45, 2.75) is 40.7 Å². The quantitative estimate of drug-likeness (QED) is 0.657. The standard InChI is InChI=1S/C6H15NO.2C2H6/c1-6(8-4)5-7(2)3;2*1-2/h6H,5H2,1-4H3;2*1-2H3. The van der Waals surface area contributed by atoms with Crippen molar-refractivity contribution >= 4 is 0 Å². The molecule has 1 unspecified atom stereocenters. The molecule has 0 heterocycles. The van der Waals surface area contributed by atoms with Gasteiger partial charge in [0.25, 0.3) is 0 Å². The minimum atomic E-state index is 0.352. The van der Waals surface area contributed by atoms with E-state index in [1.807, 2.05) is 41.8 Å². The van der Waals surface area contributed by atoms with Gasteiger partial charge in [0.1, 0.15) is 0 Å². The van der Waals surface area contributed by atoms with E-state index in [0.717, 1.165) is 6.54 Å². The van der Waals surface area contributed by atoms with Crippen LogP contribution in [0.3, 0.4) is 0 Å². The highest BCUT2D eigenvalue weighted by atomic mass is 16.5. The first-order valence-corrected chi connectivity index (χ1v) is 4.84. The summed E-state index contributed by atoms with van der Waals surface area (Å²) in [6.45, 7) is 11.1. The highest BCUT2D eigenvalue weighted by Gasteiger charge is 1.98. The summed E-state index contributed by atoms with van der Waals surface area (Å²) in [4.78, 5) is 2.11. The van der Waals surface area contributed by atoms with Crippen LogP contribution in [0.5, 0.6) is 0 Å². The van der Waals surface area contributed by atoms with Gasteiger partial charge in [0.05, 0.1) is 6.10 Å². The monoisotopic (exact) mass is 177 g/mol. The number of methoxy groups -OCH3 is 1. The SMILES string of the molecule is CC.CC.COC(C)CN(C)C. The van der Waals surface area contributed by atoms with Gasteiger partial charge in [-0.15, -0.1) is 0 Å². The van der Waals surface area contributed by atoms with Crippen molar-refractivity contribution in [1.82, 2.24) is 4.90 Å². The Morgan fingerprint density at radius 3 is 1.50 bits per heavy atom. The van der Waals surface area contributed by atoms with Gasteiger partial charge in [0.2, 0.25) is 0 Å².